The Morgan fingerprint density at radius 3 is 2.80 bits per heavy atom. The summed E-state index contributed by atoms with van der Waals surface area (Å²) in [7, 11) is 0. The molecule has 0 spiro atoms. The van der Waals surface area contributed by atoms with Gasteiger partial charge in [0.1, 0.15) is 6.61 Å². The summed E-state index contributed by atoms with van der Waals surface area (Å²) in [5.74, 6) is -0.465. The summed E-state index contributed by atoms with van der Waals surface area (Å²) in [4.78, 5) is 23.3. The average molecular weight is 337 g/mol. The third-order valence-electron chi connectivity index (χ3n) is 2.70. The predicted molar refractivity (Wildman–Crippen MR) is 79.5 cm³/mol. The molecule has 0 aliphatic carbocycles. The van der Waals surface area contributed by atoms with Crippen LogP contribution < -0.4 is 11.3 Å². The molecular weight excluding hydrogens is 324 g/mol. The molecule has 104 valence electrons. The standard InChI is InChI=1S/C14H13BrN2O3/c15-11-5-4-10(9-12(11)16)14(19)20-8-7-17-6-2-1-3-13(17)18/h1-6,9H,7-8,16H2. The summed E-state index contributed by atoms with van der Waals surface area (Å²) in [6.07, 6.45) is 1.65. The Hall–Kier alpha value is -2.08. The van der Waals surface area contributed by atoms with Gasteiger partial charge in [0.2, 0.25) is 0 Å². The Labute approximate surface area is 124 Å². The number of hydrogen-bond donors (Lipinski definition) is 1. The molecule has 0 radical (unpaired) electrons. The first-order chi connectivity index (χ1) is 9.58. The Morgan fingerprint density at radius 2 is 2.10 bits per heavy atom. The Morgan fingerprint density at radius 1 is 1.30 bits per heavy atom. The molecule has 0 aliphatic rings. The van der Waals surface area contributed by atoms with Crippen LogP contribution in [0.5, 0.6) is 0 Å². The first-order valence-electron chi connectivity index (χ1n) is 5.95. The minimum atomic E-state index is -0.465. The molecule has 0 bridgehead atoms. The third-order valence-corrected chi connectivity index (χ3v) is 3.42. The van der Waals surface area contributed by atoms with E-state index in [0.29, 0.717) is 17.8 Å². The maximum atomic E-state index is 11.8. The van der Waals surface area contributed by atoms with Crippen molar-refractivity contribution < 1.29 is 9.53 Å². The number of pyridine rings is 1. The Balaban J connectivity index is 1.94. The quantitative estimate of drug-likeness (QED) is 0.684. The van der Waals surface area contributed by atoms with E-state index in [4.69, 9.17) is 10.5 Å². The number of carbonyl (C=O) groups is 1. The minimum absolute atomic E-state index is 0.124. The van der Waals surface area contributed by atoms with Crippen molar-refractivity contribution in [3.05, 3.63) is 63.0 Å². The maximum Gasteiger partial charge on any atom is 0.338 e. The number of nitrogens with two attached hydrogens (primary N) is 1. The number of rotatable bonds is 4. The topological polar surface area (TPSA) is 74.3 Å². The molecular formula is C14H13BrN2O3. The maximum absolute atomic E-state index is 11.8. The van der Waals surface area contributed by atoms with Crippen LogP contribution in [0.2, 0.25) is 0 Å². The van der Waals surface area contributed by atoms with Crippen LogP contribution in [-0.4, -0.2) is 17.1 Å². The molecule has 2 aromatic rings. The van der Waals surface area contributed by atoms with Gasteiger partial charge in [-0.25, -0.2) is 4.79 Å². The number of carbonyl (C=O) groups excluding carboxylic acids is 1. The van der Waals surface area contributed by atoms with Gasteiger partial charge in [-0.2, -0.15) is 0 Å². The molecule has 0 amide bonds. The van der Waals surface area contributed by atoms with Gasteiger partial charge in [0.05, 0.1) is 12.1 Å². The number of nitrogen functional groups attached to an aromatic ring is 1. The van der Waals surface area contributed by atoms with Crippen LogP contribution in [0.25, 0.3) is 0 Å². The normalized spacial score (nSPS) is 10.2. The van der Waals surface area contributed by atoms with Gasteiger partial charge in [0.15, 0.2) is 0 Å². The molecule has 1 aromatic carbocycles. The van der Waals surface area contributed by atoms with Gasteiger partial charge in [-0.15, -0.1) is 0 Å². The van der Waals surface area contributed by atoms with Crippen LogP contribution in [0.3, 0.4) is 0 Å². The second-order valence-corrected chi connectivity index (χ2v) is 4.96. The Bertz CT molecular complexity index is 682. The third kappa shape index (κ3) is 3.48. The SMILES string of the molecule is Nc1cc(C(=O)OCCn2ccccc2=O)ccc1Br. The van der Waals surface area contributed by atoms with E-state index in [9.17, 15) is 9.59 Å². The second-order valence-electron chi connectivity index (χ2n) is 4.10. The molecule has 2 N–H and O–H groups in total. The van der Waals surface area contributed by atoms with Crippen molar-refractivity contribution in [2.45, 2.75) is 6.54 Å². The van der Waals surface area contributed by atoms with Crippen molar-refractivity contribution in [1.82, 2.24) is 4.57 Å². The fraction of sp³-hybridized carbons (Fsp3) is 0.143. The molecule has 6 heteroatoms. The smallest absolute Gasteiger partial charge is 0.338 e. The van der Waals surface area contributed by atoms with Gasteiger partial charge in [0.25, 0.3) is 5.56 Å². The fourth-order valence-electron chi connectivity index (χ4n) is 1.64. The second kappa shape index (κ2) is 6.38. The summed E-state index contributed by atoms with van der Waals surface area (Å²) in [6, 6.07) is 9.72. The van der Waals surface area contributed by atoms with Crippen LogP contribution in [0.15, 0.2) is 51.9 Å². The predicted octanol–water partition coefficient (Wildman–Crippen LogP) is 2.05. The van der Waals surface area contributed by atoms with E-state index in [1.54, 1.807) is 36.5 Å². The summed E-state index contributed by atoms with van der Waals surface area (Å²) in [5.41, 5.74) is 6.42. The van der Waals surface area contributed by atoms with E-state index >= 15 is 0 Å². The molecule has 0 saturated carbocycles. The summed E-state index contributed by atoms with van der Waals surface area (Å²) in [6.45, 7) is 0.441. The van der Waals surface area contributed by atoms with E-state index in [0.717, 1.165) is 4.47 Å². The number of benzene rings is 1. The molecule has 0 atom stereocenters. The summed E-state index contributed by atoms with van der Waals surface area (Å²) in [5, 5.41) is 0. The van der Waals surface area contributed by atoms with E-state index in [2.05, 4.69) is 15.9 Å². The number of esters is 1. The van der Waals surface area contributed by atoms with Crippen LogP contribution in [0, 0.1) is 0 Å². The van der Waals surface area contributed by atoms with Crippen molar-refractivity contribution in [2.24, 2.45) is 0 Å². The van der Waals surface area contributed by atoms with Gasteiger partial charge in [-0.1, -0.05) is 6.07 Å². The molecule has 0 unspecified atom stereocenters. The fourth-order valence-corrected chi connectivity index (χ4v) is 1.88. The van der Waals surface area contributed by atoms with Crippen LogP contribution >= 0.6 is 15.9 Å². The van der Waals surface area contributed by atoms with Crippen molar-refractivity contribution in [2.75, 3.05) is 12.3 Å². The van der Waals surface area contributed by atoms with Crippen molar-refractivity contribution >= 4 is 27.6 Å². The zero-order chi connectivity index (χ0) is 14.5. The highest BCUT2D eigenvalue weighted by atomic mass is 79.9. The van der Waals surface area contributed by atoms with E-state index in [1.807, 2.05) is 0 Å². The van der Waals surface area contributed by atoms with E-state index in [1.165, 1.54) is 10.6 Å². The van der Waals surface area contributed by atoms with Gasteiger partial charge < -0.3 is 15.0 Å². The largest absolute Gasteiger partial charge is 0.460 e. The van der Waals surface area contributed by atoms with Crippen molar-refractivity contribution in [3.63, 3.8) is 0 Å². The van der Waals surface area contributed by atoms with Crippen LogP contribution in [-0.2, 0) is 11.3 Å². The molecule has 0 aliphatic heterocycles. The number of nitrogens with zero attached hydrogens (tertiary/aromatic N) is 1. The molecule has 0 saturated heterocycles. The highest BCUT2D eigenvalue weighted by molar-refractivity contribution is 9.10. The number of halogens is 1. The van der Waals surface area contributed by atoms with E-state index < -0.39 is 5.97 Å². The number of hydrogen-bond acceptors (Lipinski definition) is 4. The minimum Gasteiger partial charge on any atom is -0.460 e. The highest BCUT2D eigenvalue weighted by Gasteiger charge is 2.08. The molecule has 2 rings (SSSR count). The molecule has 1 heterocycles. The Kier molecular flexibility index (Phi) is 4.57. The van der Waals surface area contributed by atoms with Gasteiger partial charge in [-0.3, -0.25) is 4.79 Å². The molecule has 20 heavy (non-hydrogen) atoms. The zero-order valence-electron chi connectivity index (χ0n) is 10.6. The molecule has 1 aromatic heterocycles. The van der Waals surface area contributed by atoms with Crippen LogP contribution in [0.1, 0.15) is 10.4 Å². The molecule has 5 nitrogen and oxygen atoms in total. The van der Waals surface area contributed by atoms with Gasteiger partial charge >= 0.3 is 5.97 Å². The van der Waals surface area contributed by atoms with Crippen molar-refractivity contribution in [3.8, 4) is 0 Å². The van der Waals surface area contributed by atoms with Crippen molar-refractivity contribution in [1.29, 1.82) is 0 Å². The molecule has 0 fully saturated rings. The first-order valence-corrected chi connectivity index (χ1v) is 6.75. The van der Waals surface area contributed by atoms with Crippen LogP contribution in [0.4, 0.5) is 5.69 Å². The zero-order valence-corrected chi connectivity index (χ0v) is 12.2. The lowest BCUT2D eigenvalue weighted by molar-refractivity contribution is 0.0490. The van der Waals surface area contributed by atoms with E-state index in [-0.39, 0.29) is 12.2 Å². The average Bonchev–Trinajstić information content (AvgIpc) is 2.44. The number of aromatic nitrogens is 1. The monoisotopic (exact) mass is 336 g/mol. The van der Waals surface area contributed by atoms with Gasteiger partial charge in [-0.05, 0) is 40.2 Å². The first kappa shape index (κ1) is 14.3. The highest BCUT2D eigenvalue weighted by Crippen LogP contribution is 2.20. The summed E-state index contributed by atoms with van der Waals surface area (Å²) >= 11 is 3.25. The van der Waals surface area contributed by atoms with Gasteiger partial charge in [0, 0.05) is 22.4 Å². The lowest BCUT2D eigenvalue weighted by Crippen LogP contribution is -2.21. The lowest BCUT2D eigenvalue weighted by Gasteiger charge is -2.07. The number of ether oxygens (including phenoxy) is 1. The lowest BCUT2D eigenvalue weighted by atomic mass is 10.2. The number of anilines is 1. The summed E-state index contributed by atoms with van der Waals surface area (Å²) < 4.78 is 7.31.